The summed E-state index contributed by atoms with van der Waals surface area (Å²) < 4.78 is 6.77. The number of nitrogens with zero attached hydrogens (tertiary/aromatic N) is 2. The number of nitrogens with one attached hydrogen (secondary N) is 1. The van der Waals surface area contributed by atoms with Gasteiger partial charge in [0, 0.05) is 26.0 Å². The maximum atomic E-state index is 9.70. The highest BCUT2D eigenvalue weighted by molar-refractivity contribution is 8.02. The molecule has 0 aliphatic carbocycles. The van der Waals surface area contributed by atoms with E-state index in [0.29, 0.717) is 18.9 Å². The smallest absolute Gasteiger partial charge is 0.175 e. The van der Waals surface area contributed by atoms with Crippen molar-refractivity contribution in [1.82, 2.24) is 15.5 Å². The first-order chi connectivity index (χ1) is 8.26. The zero-order valence-electron chi connectivity index (χ0n) is 9.88. The number of aromatic nitrogens is 2. The number of methoxy groups -OCH3 is 1. The van der Waals surface area contributed by atoms with E-state index in [2.05, 4.69) is 15.5 Å². The third-order valence-electron chi connectivity index (χ3n) is 1.82. The average Bonchev–Trinajstić information content (AvgIpc) is 2.80. The van der Waals surface area contributed by atoms with Crippen LogP contribution in [-0.4, -0.2) is 60.2 Å². The summed E-state index contributed by atoms with van der Waals surface area (Å²) in [6, 6.07) is 0. The van der Waals surface area contributed by atoms with Crippen molar-refractivity contribution in [2.24, 2.45) is 0 Å². The van der Waals surface area contributed by atoms with Crippen LogP contribution >= 0.6 is 34.9 Å². The van der Waals surface area contributed by atoms with Crippen LogP contribution in [0.3, 0.4) is 0 Å². The molecule has 1 atom stereocenters. The SMILES string of the molecule is COCCNCC(O)CSc1nnc(SC)s1. The van der Waals surface area contributed by atoms with Crippen molar-refractivity contribution in [3.8, 4) is 0 Å². The predicted octanol–water partition coefficient (Wildman–Crippen LogP) is 0.949. The van der Waals surface area contributed by atoms with E-state index in [-0.39, 0.29) is 6.10 Å². The molecule has 5 nitrogen and oxygen atoms in total. The van der Waals surface area contributed by atoms with Crippen molar-refractivity contribution in [1.29, 1.82) is 0 Å². The summed E-state index contributed by atoms with van der Waals surface area (Å²) in [7, 11) is 1.66. The Morgan fingerprint density at radius 1 is 1.47 bits per heavy atom. The first kappa shape index (κ1) is 15.2. The van der Waals surface area contributed by atoms with Gasteiger partial charge in [-0.15, -0.1) is 10.2 Å². The molecule has 0 fully saturated rings. The van der Waals surface area contributed by atoms with Crippen LogP contribution < -0.4 is 5.32 Å². The van der Waals surface area contributed by atoms with E-state index in [0.717, 1.165) is 15.2 Å². The van der Waals surface area contributed by atoms with Gasteiger partial charge in [-0.05, 0) is 6.26 Å². The highest BCUT2D eigenvalue weighted by Crippen LogP contribution is 2.27. The van der Waals surface area contributed by atoms with Gasteiger partial charge in [0.05, 0.1) is 12.7 Å². The molecule has 1 aromatic rings. The van der Waals surface area contributed by atoms with Gasteiger partial charge in [0.25, 0.3) is 0 Å². The molecular formula is C9H17N3O2S3. The fourth-order valence-corrected chi connectivity index (χ4v) is 3.40. The molecule has 98 valence electrons. The monoisotopic (exact) mass is 295 g/mol. The third-order valence-corrected chi connectivity index (χ3v) is 5.00. The van der Waals surface area contributed by atoms with Crippen LogP contribution in [0.15, 0.2) is 8.68 Å². The standard InChI is InChI=1S/C9H17N3O2S3/c1-14-4-3-10-5-7(13)6-16-9-12-11-8(15-2)17-9/h7,10,13H,3-6H2,1-2H3. The number of thioether (sulfide) groups is 2. The lowest BCUT2D eigenvalue weighted by Gasteiger charge is -2.09. The molecule has 1 unspecified atom stereocenters. The number of hydrogen-bond donors (Lipinski definition) is 2. The Balaban J connectivity index is 2.12. The topological polar surface area (TPSA) is 67.3 Å². The number of rotatable bonds is 9. The second kappa shape index (κ2) is 9.12. The molecule has 0 radical (unpaired) electrons. The largest absolute Gasteiger partial charge is 0.391 e. The van der Waals surface area contributed by atoms with E-state index in [4.69, 9.17) is 4.74 Å². The lowest BCUT2D eigenvalue weighted by atomic mass is 10.4. The molecule has 0 bridgehead atoms. The van der Waals surface area contributed by atoms with Crippen molar-refractivity contribution in [2.75, 3.05) is 38.8 Å². The highest BCUT2D eigenvalue weighted by Gasteiger charge is 2.08. The van der Waals surface area contributed by atoms with E-state index in [9.17, 15) is 5.11 Å². The fraction of sp³-hybridized carbons (Fsp3) is 0.778. The highest BCUT2D eigenvalue weighted by atomic mass is 32.2. The van der Waals surface area contributed by atoms with E-state index >= 15 is 0 Å². The van der Waals surface area contributed by atoms with Crippen molar-refractivity contribution >= 4 is 34.9 Å². The Bertz CT molecular complexity index is 311. The van der Waals surface area contributed by atoms with E-state index in [1.54, 1.807) is 30.2 Å². The molecule has 17 heavy (non-hydrogen) atoms. The first-order valence-corrected chi connectivity index (χ1v) is 8.17. The van der Waals surface area contributed by atoms with Gasteiger partial charge in [-0.1, -0.05) is 34.9 Å². The zero-order chi connectivity index (χ0) is 12.5. The quantitative estimate of drug-likeness (QED) is 0.519. The van der Waals surface area contributed by atoms with Crippen LogP contribution in [0, 0.1) is 0 Å². The Hall–Kier alpha value is 0.140. The molecule has 0 saturated carbocycles. The molecular weight excluding hydrogens is 278 g/mol. The normalized spacial score (nSPS) is 12.9. The van der Waals surface area contributed by atoms with Gasteiger partial charge in [-0.2, -0.15) is 0 Å². The molecule has 0 amide bonds. The molecule has 8 heteroatoms. The summed E-state index contributed by atoms with van der Waals surface area (Å²) in [5, 5.41) is 20.8. The Morgan fingerprint density at radius 3 is 2.88 bits per heavy atom. The predicted molar refractivity (Wildman–Crippen MR) is 73.2 cm³/mol. The van der Waals surface area contributed by atoms with E-state index in [1.807, 2.05) is 6.26 Å². The van der Waals surface area contributed by atoms with Gasteiger partial charge in [-0.25, -0.2) is 0 Å². The molecule has 1 heterocycles. The van der Waals surface area contributed by atoms with Crippen LogP contribution in [0.1, 0.15) is 0 Å². The fourth-order valence-electron chi connectivity index (χ4n) is 1.01. The molecule has 0 spiro atoms. The maximum absolute atomic E-state index is 9.70. The number of aliphatic hydroxyl groups is 1. The summed E-state index contributed by atoms with van der Waals surface area (Å²) in [5.74, 6) is 0.628. The Labute approximate surface area is 114 Å². The lowest BCUT2D eigenvalue weighted by Crippen LogP contribution is -2.30. The number of ether oxygens (including phenoxy) is 1. The van der Waals surface area contributed by atoms with Gasteiger partial charge in [0.15, 0.2) is 8.68 Å². The second-order valence-corrected chi connectivity index (χ2v) is 6.50. The van der Waals surface area contributed by atoms with Crippen molar-refractivity contribution in [2.45, 2.75) is 14.8 Å². The average molecular weight is 295 g/mol. The minimum Gasteiger partial charge on any atom is -0.391 e. The third kappa shape index (κ3) is 6.58. The van der Waals surface area contributed by atoms with Crippen LogP contribution in [0.25, 0.3) is 0 Å². The maximum Gasteiger partial charge on any atom is 0.175 e. The van der Waals surface area contributed by atoms with Gasteiger partial charge in [0.2, 0.25) is 0 Å². The molecule has 2 N–H and O–H groups in total. The minimum atomic E-state index is -0.376. The van der Waals surface area contributed by atoms with Crippen molar-refractivity contribution < 1.29 is 9.84 Å². The molecule has 0 aromatic carbocycles. The summed E-state index contributed by atoms with van der Waals surface area (Å²) in [5.41, 5.74) is 0. The van der Waals surface area contributed by atoms with E-state index in [1.165, 1.54) is 11.8 Å². The summed E-state index contributed by atoms with van der Waals surface area (Å²) in [6.45, 7) is 1.99. The van der Waals surface area contributed by atoms with Gasteiger partial charge in [0.1, 0.15) is 0 Å². The number of aliphatic hydroxyl groups excluding tert-OH is 1. The van der Waals surface area contributed by atoms with E-state index < -0.39 is 0 Å². The van der Waals surface area contributed by atoms with Gasteiger partial charge < -0.3 is 15.2 Å². The van der Waals surface area contributed by atoms with Gasteiger partial charge in [-0.3, -0.25) is 0 Å². The van der Waals surface area contributed by atoms with Crippen LogP contribution in [-0.2, 0) is 4.74 Å². The molecule has 1 rings (SSSR count). The molecule has 0 saturated heterocycles. The Morgan fingerprint density at radius 2 is 2.24 bits per heavy atom. The summed E-state index contributed by atoms with van der Waals surface area (Å²) >= 11 is 4.68. The summed E-state index contributed by atoms with van der Waals surface area (Å²) in [4.78, 5) is 0. The minimum absolute atomic E-state index is 0.376. The van der Waals surface area contributed by atoms with Crippen LogP contribution in [0.5, 0.6) is 0 Å². The first-order valence-electron chi connectivity index (χ1n) is 5.14. The lowest BCUT2D eigenvalue weighted by molar-refractivity contribution is 0.175. The molecule has 0 aliphatic rings. The number of hydrogen-bond acceptors (Lipinski definition) is 8. The zero-order valence-corrected chi connectivity index (χ0v) is 12.3. The van der Waals surface area contributed by atoms with Gasteiger partial charge >= 0.3 is 0 Å². The van der Waals surface area contributed by atoms with Crippen LogP contribution in [0.2, 0.25) is 0 Å². The van der Waals surface area contributed by atoms with Crippen molar-refractivity contribution in [3.05, 3.63) is 0 Å². The molecule has 0 aliphatic heterocycles. The Kier molecular flexibility index (Phi) is 8.15. The van der Waals surface area contributed by atoms with Crippen LogP contribution in [0.4, 0.5) is 0 Å². The molecule has 1 aromatic heterocycles. The summed E-state index contributed by atoms with van der Waals surface area (Å²) in [6.07, 6.45) is 1.60. The second-order valence-electron chi connectivity index (χ2n) is 3.20. The van der Waals surface area contributed by atoms with Crippen molar-refractivity contribution in [3.63, 3.8) is 0 Å².